The highest BCUT2D eigenvalue weighted by molar-refractivity contribution is 7.89. The van der Waals surface area contributed by atoms with E-state index in [-0.39, 0.29) is 23.0 Å². The fourth-order valence-corrected chi connectivity index (χ4v) is 4.06. The Labute approximate surface area is 119 Å². The zero-order valence-electron chi connectivity index (χ0n) is 11.5. The lowest BCUT2D eigenvalue weighted by Crippen LogP contribution is -2.46. The minimum atomic E-state index is -3.75. The molecule has 0 aromatic heterocycles. The molecule has 112 valence electrons. The maximum atomic E-state index is 13.6. The second kappa shape index (κ2) is 6.17. The largest absolute Gasteiger partial charge is 0.326 e. The molecular formula is C13H20FN3O2S. The highest BCUT2D eigenvalue weighted by atomic mass is 32.2. The Bertz CT molecular complexity index is 577. The van der Waals surface area contributed by atoms with Crippen molar-refractivity contribution in [2.24, 2.45) is 5.73 Å². The molecule has 0 spiro atoms. The van der Waals surface area contributed by atoms with Gasteiger partial charge in [-0.3, -0.25) is 0 Å². The Kier molecular flexibility index (Phi) is 4.74. The van der Waals surface area contributed by atoms with Crippen LogP contribution >= 0.6 is 0 Å². The molecule has 0 amide bonds. The fourth-order valence-electron chi connectivity index (χ4n) is 2.53. The third kappa shape index (κ3) is 3.35. The highest BCUT2D eigenvalue weighted by Gasteiger charge is 2.26. The van der Waals surface area contributed by atoms with Gasteiger partial charge in [0.15, 0.2) is 0 Å². The summed E-state index contributed by atoms with van der Waals surface area (Å²) in [6.45, 7) is 1.48. The van der Waals surface area contributed by atoms with E-state index >= 15 is 0 Å². The van der Waals surface area contributed by atoms with E-state index in [1.807, 2.05) is 7.05 Å². The third-order valence-electron chi connectivity index (χ3n) is 3.52. The molecular weight excluding hydrogens is 281 g/mol. The number of hydrogen-bond acceptors (Lipinski definition) is 4. The summed E-state index contributed by atoms with van der Waals surface area (Å²) in [5.74, 6) is -0.587. The Hall–Kier alpha value is -1.02. The molecule has 1 aliphatic rings. The Morgan fingerprint density at radius 2 is 2.25 bits per heavy atom. The summed E-state index contributed by atoms with van der Waals surface area (Å²) in [6.07, 6.45) is 1.73. The quantitative estimate of drug-likeness (QED) is 0.856. The number of rotatable bonds is 4. The lowest BCUT2D eigenvalue weighted by Gasteiger charge is -2.30. The Balaban J connectivity index is 2.24. The van der Waals surface area contributed by atoms with Crippen molar-refractivity contribution in [2.45, 2.75) is 30.3 Å². The van der Waals surface area contributed by atoms with Gasteiger partial charge < -0.3 is 10.6 Å². The van der Waals surface area contributed by atoms with Gasteiger partial charge in [-0.2, -0.15) is 0 Å². The van der Waals surface area contributed by atoms with Crippen molar-refractivity contribution in [3.05, 3.63) is 29.6 Å². The van der Waals surface area contributed by atoms with Crippen LogP contribution in [-0.4, -0.2) is 39.5 Å². The first-order valence-electron chi connectivity index (χ1n) is 6.62. The monoisotopic (exact) mass is 301 g/mol. The van der Waals surface area contributed by atoms with E-state index in [9.17, 15) is 12.8 Å². The number of nitrogens with zero attached hydrogens (tertiary/aromatic N) is 1. The first-order valence-corrected chi connectivity index (χ1v) is 8.10. The zero-order valence-corrected chi connectivity index (χ0v) is 12.3. The fraction of sp³-hybridized carbons (Fsp3) is 0.538. The zero-order chi connectivity index (χ0) is 14.8. The number of likely N-dealkylation sites (N-methyl/N-ethyl adjacent to an activating group) is 1. The summed E-state index contributed by atoms with van der Waals surface area (Å²) in [5, 5.41) is 0. The topological polar surface area (TPSA) is 75.4 Å². The first kappa shape index (κ1) is 15.4. The number of nitrogens with one attached hydrogen (secondary N) is 1. The van der Waals surface area contributed by atoms with Gasteiger partial charge in [-0.25, -0.2) is 17.5 Å². The Morgan fingerprint density at radius 3 is 2.90 bits per heavy atom. The minimum Gasteiger partial charge on any atom is -0.326 e. The average molecular weight is 301 g/mol. The predicted molar refractivity (Wildman–Crippen MR) is 75.1 cm³/mol. The van der Waals surface area contributed by atoms with E-state index in [0.29, 0.717) is 6.54 Å². The van der Waals surface area contributed by atoms with Gasteiger partial charge in [0, 0.05) is 24.7 Å². The summed E-state index contributed by atoms with van der Waals surface area (Å²) in [6, 6.07) is 3.85. The van der Waals surface area contributed by atoms with Crippen LogP contribution in [0.4, 0.5) is 4.39 Å². The van der Waals surface area contributed by atoms with Crippen molar-refractivity contribution in [2.75, 3.05) is 20.1 Å². The number of halogens is 1. The van der Waals surface area contributed by atoms with Gasteiger partial charge in [-0.1, -0.05) is 6.07 Å². The molecule has 1 unspecified atom stereocenters. The van der Waals surface area contributed by atoms with Crippen LogP contribution in [0.2, 0.25) is 0 Å². The molecule has 5 nitrogen and oxygen atoms in total. The van der Waals surface area contributed by atoms with Crippen LogP contribution in [0.1, 0.15) is 18.4 Å². The lowest BCUT2D eigenvalue weighted by atomic mass is 10.1. The second-order valence-corrected chi connectivity index (χ2v) is 6.83. The summed E-state index contributed by atoms with van der Waals surface area (Å²) >= 11 is 0. The Morgan fingerprint density at radius 1 is 1.50 bits per heavy atom. The van der Waals surface area contributed by atoms with Crippen molar-refractivity contribution in [1.82, 2.24) is 9.62 Å². The number of benzene rings is 1. The van der Waals surface area contributed by atoms with Crippen molar-refractivity contribution >= 4 is 10.0 Å². The maximum Gasteiger partial charge on any atom is 0.241 e. The summed E-state index contributed by atoms with van der Waals surface area (Å²) < 4.78 is 41.1. The standard InChI is InChI=1S/C13H20FN3O2S/c1-17-7-3-4-10(9-17)16-20(18,19)13-6-2-5-12(14)11(13)8-15/h2,5-6,10,16H,3-4,7-9,15H2,1H3. The average Bonchev–Trinajstić information content (AvgIpc) is 2.38. The molecule has 1 fully saturated rings. The molecule has 0 saturated carbocycles. The summed E-state index contributed by atoms with van der Waals surface area (Å²) in [4.78, 5) is 2.01. The van der Waals surface area contributed by atoms with E-state index < -0.39 is 15.8 Å². The van der Waals surface area contributed by atoms with Crippen LogP contribution in [0.5, 0.6) is 0 Å². The van der Waals surface area contributed by atoms with Gasteiger partial charge >= 0.3 is 0 Å². The lowest BCUT2D eigenvalue weighted by molar-refractivity contribution is 0.242. The van der Waals surface area contributed by atoms with Gasteiger partial charge in [0.05, 0.1) is 4.90 Å². The number of sulfonamides is 1. The van der Waals surface area contributed by atoms with Gasteiger partial charge in [0.1, 0.15) is 5.82 Å². The first-order chi connectivity index (χ1) is 9.44. The SMILES string of the molecule is CN1CCCC(NS(=O)(=O)c2cccc(F)c2CN)C1. The van der Waals surface area contributed by atoms with Gasteiger partial charge in [-0.15, -0.1) is 0 Å². The number of nitrogens with two attached hydrogens (primary N) is 1. The molecule has 0 bridgehead atoms. The van der Waals surface area contributed by atoms with Crippen molar-refractivity contribution in [3.63, 3.8) is 0 Å². The molecule has 1 aliphatic heterocycles. The van der Waals surface area contributed by atoms with Crippen LogP contribution in [0.15, 0.2) is 23.1 Å². The van der Waals surface area contributed by atoms with Gasteiger partial charge in [0.2, 0.25) is 10.0 Å². The molecule has 20 heavy (non-hydrogen) atoms. The van der Waals surface area contributed by atoms with Gasteiger partial charge in [0.25, 0.3) is 0 Å². The van der Waals surface area contributed by atoms with Crippen LogP contribution in [0, 0.1) is 5.82 Å². The van der Waals surface area contributed by atoms with E-state index in [0.717, 1.165) is 19.4 Å². The second-order valence-electron chi connectivity index (χ2n) is 5.14. The summed E-state index contributed by atoms with van der Waals surface area (Å²) in [5.41, 5.74) is 5.49. The molecule has 1 aromatic carbocycles. The van der Waals surface area contributed by atoms with E-state index in [1.165, 1.54) is 18.2 Å². The molecule has 1 aromatic rings. The molecule has 1 atom stereocenters. The van der Waals surface area contributed by atoms with E-state index in [1.54, 1.807) is 0 Å². The minimum absolute atomic E-state index is 0.0316. The van der Waals surface area contributed by atoms with Crippen LogP contribution in [0.3, 0.4) is 0 Å². The molecule has 3 N–H and O–H groups in total. The third-order valence-corrected chi connectivity index (χ3v) is 5.12. The highest BCUT2D eigenvalue weighted by Crippen LogP contribution is 2.20. The van der Waals surface area contributed by atoms with Crippen LogP contribution in [0.25, 0.3) is 0 Å². The normalized spacial score (nSPS) is 21.1. The predicted octanol–water partition coefficient (Wildman–Crippen LogP) is 0.657. The smallest absolute Gasteiger partial charge is 0.241 e. The molecule has 1 heterocycles. The number of piperidine rings is 1. The maximum absolute atomic E-state index is 13.6. The molecule has 0 radical (unpaired) electrons. The van der Waals surface area contributed by atoms with Crippen molar-refractivity contribution < 1.29 is 12.8 Å². The van der Waals surface area contributed by atoms with E-state index in [2.05, 4.69) is 9.62 Å². The van der Waals surface area contributed by atoms with Crippen LogP contribution in [-0.2, 0) is 16.6 Å². The summed E-state index contributed by atoms with van der Waals surface area (Å²) in [7, 11) is -1.79. The molecule has 1 saturated heterocycles. The van der Waals surface area contributed by atoms with Gasteiger partial charge in [-0.05, 0) is 38.6 Å². The van der Waals surface area contributed by atoms with Crippen molar-refractivity contribution in [3.8, 4) is 0 Å². The molecule has 0 aliphatic carbocycles. The van der Waals surface area contributed by atoms with E-state index in [4.69, 9.17) is 5.73 Å². The van der Waals surface area contributed by atoms with Crippen LogP contribution < -0.4 is 10.5 Å². The molecule has 2 rings (SSSR count). The number of hydrogen-bond donors (Lipinski definition) is 2. The molecule has 7 heteroatoms. The van der Waals surface area contributed by atoms with Crippen molar-refractivity contribution in [1.29, 1.82) is 0 Å². The number of likely N-dealkylation sites (tertiary alicyclic amines) is 1.